The van der Waals surface area contributed by atoms with E-state index < -0.39 is 24.2 Å². The molecule has 0 spiro atoms. The third kappa shape index (κ3) is 3.90. The first-order valence-corrected chi connectivity index (χ1v) is 15.5. The Morgan fingerprint density at radius 2 is 0.979 bits per heavy atom. The van der Waals surface area contributed by atoms with Gasteiger partial charge in [0.2, 0.25) is 0 Å². The summed E-state index contributed by atoms with van der Waals surface area (Å²) in [5.41, 5.74) is 5.31. The van der Waals surface area contributed by atoms with Crippen LogP contribution in [0.3, 0.4) is 0 Å². The molecular formula is C46H28O. The summed E-state index contributed by atoms with van der Waals surface area (Å²) in [7, 11) is 0. The minimum Gasteiger partial charge on any atom is -0.455 e. The molecule has 0 saturated carbocycles. The fourth-order valence-corrected chi connectivity index (χ4v) is 7.23. The smallest absolute Gasteiger partial charge is 0.143 e. The Morgan fingerprint density at radius 1 is 0.383 bits per heavy atom. The first kappa shape index (κ1) is 19.4. The van der Waals surface area contributed by atoms with Crippen LogP contribution in [-0.4, -0.2) is 0 Å². The molecule has 0 atom stereocenters. The standard InChI is InChI=1S/C46H28O/c1-2-13-30(14-3-1)44-36-18-8-10-20-38(36)45(39-21-11-9-19-37(39)44)40-26-25-32(34-16-6-7-17-35(34)40)31-23-27-43-42(28-31)41-24-22-29-12-4-5-15-33(29)46(41)47-43/h1-28H/i8D,9D,10D,11D,18D,19D,20D,21D. The highest BCUT2D eigenvalue weighted by atomic mass is 16.3. The van der Waals surface area contributed by atoms with E-state index in [1.807, 2.05) is 66.7 Å². The number of hydrogen-bond donors (Lipinski definition) is 0. The van der Waals surface area contributed by atoms with Crippen LogP contribution in [0.15, 0.2) is 174 Å². The summed E-state index contributed by atoms with van der Waals surface area (Å²) in [6, 6.07) is 36.4. The summed E-state index contributed by atoms with van der Waals surface area (Å²) in [6.45, 7) is 0. The normalized spacial score (nSPS) is 14.2. The molecule has 0 aliphatic carbocycles. The van der Waals surface area contributed by atoms with Crippen LogP contribution in [0.5, 0.6) is 0 Å². The largest absolute Gasteiger partial charge is 0.455 e. The van der Waals surface area contributed by atoms with Crippen LogP contribution in [0, 0.1) is 0 Å². The molecule has 0 bridgehead atoms. The highest BCUT2D eigenvalue weighted by molar-refractivity contribution is 6.24. The highest BCUT2D eigenvalue weighted by Crippen LogP contribution is 2.46. The van der Waals surface area contributed by atoms with E-state index in [2.05, 4.69) is 30.3 Å². The molecule has 0 radical (unpaired) electrons. The molecular weight excluding hydrogens is 569 g/mol. The average molecular weight is 605 g/mol. The van der Waals surface area contributed by atoms with Gasteiger partial charge in [-0.1, -0.05) is 151 Å². The number of furan rings is 1. The molecule has 0 aliphatic heterocycles. The summed E-state index contributed by atoms with van der Waals surface area (Å²) in [5.74, 6) is 0. The lowest BCUT2D eigenvalue weighted by atomic mass is 9.84. The Bertz CT molecular complexity index is 3220. The van der Waals surface area contributed by atoms with E-state index in [4.69, 9.17) is 9.90 Å². The molecule has 10 aromatic rings. The Labute approximate surface area is 283 Å². The first-order chi connectivity index (χ1) is 26.7. The van der Waals surface area contributed by atoms with Crippen LogP contribution in [0.1, 0.15) is 11.0 Å². The SMILES string of the molecule is [2H]c1c([2H])c([2H])c2c(-c3ccc(-c4ccc5oc6c7ccccc7ccc6c5c4)c4ccccc34)c3c([2H])c([2H])c([2H])c([2H])c3c(-c3ccccc3)c2c1[2H]. The van der Waals surface area contributed by atoms with Gasteiger partial charge in [0.05, 0.1) is 11.0 Å². The van der Waals surface area contributed by atoms with Gasteiger partial charge in [-0.3, -0.25) is 0 Å². The molecule has 0 N–H and O–H groups in total. The van der Waals surface area contributed by atoms with Crippen molar-refractivity contribution in [1.82, 2.24) is 0 Å². The van der Waals surface area contributed by atoms with Gasteiger partial charge in [-0.2, -0.15) is 0 Å². The minimum atomic E-state index is -0.424. The minimum absolute atomic E-state index is 0.193. The molecule has 0 unspecified atom stereocenters. The molecule has 0 fully saturated rings. The predicted molar refractivity (Wildman–Crippen MR) is 200 cm³/mol. The third-order valence-corrected chi connectivity index (χ3v) is 9.30. The van der Waals surface area contributed by atoms with E-state index >= 15 is 0 Å². The van der Waals surface area contributed by atoms with Crippen molar-refractivity contribution in [3.05, 3.63) is 170 Å². The van der Waals surface area contributed by atoms with Gasteiger partial charge >= 0.3 is 0 Å². The Hall–Kier alpha value is -6.18. The van der Waals surface area contributed by atoms with Crippen LogP contribution in [0.2, 0.25) is 0 Å². The molecule has 218 valence electrons. The van der Waals surface area contributed by atoms with Gasteiger partial charge in [-0.25, -0.2) is 0 Å². The predicted octanol–water partition coefficient (Wildman–Crippen LogP) is 13.2. The van der Waals surface area contributed by atoms with Crippen molar-refractivity contribution in [3.63, 3.8) is 0 Å². The van der Waals surface area contributed by atoms with Crippen molar-refractivity contribution in [3.8, 4) is 33.4 Å². The lowest BCUT2D eigenvalue weighted by Crippen LogP contribution is -1.92. The van der Waals surface area contributed by atoms with E-state index in [0.29, 0.717) is 22.3 Å². The van der Waals surface area contributed by atoms with Crippen LogP contribution >= 0.6 is 0 Å². The molecule has 1 nitrogen and oxygen atoms in total. The summed E-state index contributed by atoms with van der Waals surface area (Å²) in [5, 5.41) is 6.54. The molecule has 0 amide bonds. The number of benzene rings is 9. The highest BCUT2D eigenvalue weighted by Gasteiger charge is 2.19. The van der Waals surface area contributed by atoms with E-state index in [0.717, 1.165) is 54.6 Å². The molecule has 1 heteroatoms. The second kappa shape index (κ2) is 10.2. The van der Waals surface area contributed by atoms with Crippen LogP contribution < -0.4 is 0 Å². The van der Waals surface area contributed by atoms with E-state index in [1.165, 1.54) is 0 Å². The lowest BCUT2D eigenvalue weighted by molar-refractivity contribution is 0.672. The van der Waals surface area contributed by atoms with Crippen molar-refractivity contribution >= 4 is 65.0 Å². The lowest BCUT2D eigenvalue weighted by Gasteiger charge is -2.19. The van der Waals surface area contributed by atoms with Crippen molar-refractivity contribution in [2.45, 2.75) is 0 Å². The van der Waals surface area contributed by atoms with Gasteiger partial charge < -0.3 is 4.42 Å². The maximum atomic E-state index is 9.34. The number of rotatable bonds is 3. The Kier molecular flexibility index (Phi) is 4.19. The summed E-state index contributed by atoms with van der Waals surface area (Å²) >= 11 is 0. The fraction of sp³-hybridized carbons (Fsp3) is 0. The maximum absolute atomic E-state index is 9.34. The van der Waals surface area contributed by atoms with Crippen LogP contribution in [-0.2, 0) is 0 Å². The molecule has 9 aromatic carbocycles. The Balaban J connectivity index is 1.33. The zero-order valence-corrected chi connectivity index (χ0v) is 25.0. The Morgan fingerprint density at radius 3 is 1.70 bits per heavy atom. The van der Waals surface area contributed by atoms with E-state index in [9.17, 15) is 5.48 Å². The van der Waals surface area contributed by atoms with Crippen molar-refractivity contribution < 1.29 is 15.4 Å². The summed E-state index contributed by atoms with van der Waals surface area (Å²) < 4.78 is 78.6. The zero-order valence-electron chi connectivity index (χ0n) is 33.0. The second-order valence-corrected chi connectivity index (χ2v) is 11.8. The molecule has 1 aromatic heterocycles. The van der Waals surface area contributed by atoms with Gasteiger partial charge in [0.15, 0.2) is 0 Å². The second-order valence-electron chi connectivity index (χ2n) is 11.8. The maximum Gasteiger partial charge on any atom is 0.143 e. The van der Waals surface area contributed by atoms with Gasteiger partial charge in [0.1, 0.15) is 11.2 Å². The summed E-state index contributed by atoms with van der Waals surface area (Å²) in [6.07, 6.45) is 0. The van der Waals surface area contributed by atoms with Crippen LogP contribution in [0.4, 0.5) is 0 Å². The number of fused-ring (bicyclic) bond motifs is 8. The van der Waals surface area contributed by atoms with Crippen LogP contribution in [0.25, 0.3) is 98.4 Å². The average Bonchev–Trinajstić information content (AvgIpc) is 3.61. The third-order valence-electron chi connectivity index (χ3n) is 9.30. The molecule has 47 heavy (non-hydrogen) atoms. The molecule has 0 aliphatic rings. The number of hydrogen-bond acceptors (Lipinski definition) is 1. The fourth-order valence-electron chi connectivity index (χ4n) is 7.23. The van der Waals surface area contributed by atoms with Crippen molar-refractivity contribution in [2.24, 2.45) is 0 Å². The van der Waals surface area contributed by atoms with Gasteiger partial charge in [-0.15, -0.1) is 0 Å². The van der Waals surface area contributed by atoms with Crippen molar-refractivity contribution in [2.75, 3.05) is 0 Å². The summed E-state index contributed by atoms with van der Waals surface area (Å²) in [4.78, 5) is 0. The van der Waals surface area contributed by atoms with E-state index in [1.54, 1.807) is 24.3 Å². The molecule has 10 rings (SSSR count). The van der Waals surface area contributed by atoms with Gasteiger partial charge in [0.25, 0.3) is 0 Å². The van der Waals surface area contributed by atoms with E-state index in [-0.39, 0.29) is 45.7 Å². The topological polar surface area (TPSA) is 13.1 Å². The molecule has 0 saturated heterocycles. The van der Waals surface area contributed by atoms with Gasteiger partial charge in [-0.05, 0) is 89.3 Å². The first-order valence-electron chi connectivity index (χ1n) is 19.5. The quantitative estimate of drug-likeness (QED) is 0.183. The van der Waals surface area contributed by atoms with Crippen molar-refractivity contribution in [1.29, 1.82) is 0 Å². The molecule has 1 heterocycles. The van der Waals surface area contributed by atoms with Gasteiger partial charge in [0, 0.05) is 16.2 Å². The monoisotopic (exact) mass is 604 g/mol. The zero-order chi connectivity index (χ0) is 37.9.